The first-order valence-electron chi connectivity index (χ1n) is 9.59. The molecule has 146 valence electrons. The first-order chi connectivity index (χ1) is 14.2. The first-order valence-corrected chi connectivity index (χ1v) is 10.6. The summed E-state index contributed by atoms with van der Waals surface area (Å²) in [4.78, 5) is 17.6. The van der Waals surface area contributed by atoms with Crippen LogP contribution in [-0.4, -0.2) is 28.5 Å². The van der Waals surface area contributed by atoms with E-state index in [0.29, 0.717) is 23.5 Å². The molecule has 0 bridgehead atoms. The van der Waals surface area contributed by atoms with Gasteiger partial charge < -0.3 is 4.40 Å². The largest absolute Gasteiger partial charge is 0.307 e. The third-order valence-electron chi connectivity index (χ3n) is 4.92. The van der Waals surface area contributed by atoms with E-state index in [1.807, 2.05) is 45.3 Å². The van der Waals surface area contributed by atoms with Crippen molar-refractivity contribution < 1.29 is 0 Å². The standard InChI is InChI=1S/C21H20N6OS/c1-3-10-26-19(28)16-6-4-5-7-17(16)27-20(26)23-24-21(27)29-13-15-12-25-11-14(2)8-9-18(25)22-15/h4-9,11-12H,3,10,13H2,1-2H3. The second-order valence-electron chi connectivity index (χ2n) is 7.08. The van der Waals surface area contributed by atoms with Gasteiger partial charge in [-0.3, -0.25) is 13.8 Å². The van der Waals surface area contributed by atoms with Gasteiger partial charge in [-0.2, -0.15) is 0 Å². The molecule has 1 aromatic carbocycles. The van der Waals surface area contributed by atoms with Crippen LogP contribution in [0.2, 0.25) is 0 Å². The third kappa shape index (κ3) is 3.00. The Morgan fingerprint density at radius 1 is 1.07 bits per heavy atom. The van der Waals surface area contributed by atoms with Crippen LogP contribution in [0.25, 0.3) is 22.3 Å². The van der Waals surface area contributed by atoms with Crippen LogP contribution in [-0.2, 0) is 12.3 Å². The number of para-hydroxylation sites is 1. The number of fused-ring (bicyclic) bond motifs is 4. The lowest BCUT2D eigenvalue weighted by Crippen LogP contribution is -2.23. The molecule has 0 N–H and O–H groups in total. The number of aryl methyl sites for hydroxylation is 2. The molecule has 5 aromatic rings. The summed E-state index contributed by atoms with van der Waals surface area (Å²) in [6.45, 7) is 4.73. The molecular weight excluding hydrogens is 384 g/mol. The van der Waals surface area contributed by atoms with Crippen LogP contribution in [0.1, 0.15) is 24.6 Å². The zero-order chi connectivity index (χ0) is 20.0. The Balaban J connectivity index is 1.58. The number of imidazole rings is 1. The van der Waals surface area contributed by atoms with Crippen LogP contribution in [0.5, 0.6) is 0 Å². The number of hydrogen-bond acceptors (Lipinski definition) is 5. The van der Waals surface area contributed by atoms with Crippen molar-refractivity contribution in [3.8, 4) is 0 Å². The summed E-state index contributed by atoms with van der Waals surface area (Å²) >= 11 is 1.57. The molecule has 0 atom stereocenters. The smallest absolute Gasteiger partial charge is 0.262 e. The first kappa shape index (κ1) is 17.9. The third-order valence-corrected chi connectivity index (χ3v) is 5.89. The average Bonchev–Trinajstić information content (AvgIpc) is 3.33. The highest BCUT2D eigenvalue weighted by Gasteiger charge is 2.16. The quantitative estimate of drug-likeness (QED) is 0.418. The molecule has 0 saturated heterocycles. The van der Waals surface area contributed by atoms with Gasteiger partial charge in [-0.15, -0.1) is 10.2 Å². The average molecular weight is 404 g/mol. The minimum atomic E-state index is -0.0189. The fourth-order valence-electron chi connectivity index (χ4n) is 3.62. The molecule has 29 heavy (non-hydrogen) atoms. The SMILES string of the molecule is CCCn1c(=O)c2ccccc2n2c(SCc3cn4cc(C)ccc4n3)nnc12. The molecule has 0 radical (unpaired) electrons. The maximum Gasteiger partial charge on any atom is 0.262 e. The molecule has 5 rings (SSSR count). The van der Waals surface area contributed by atoms with Crippen molar-refractivity contribution in [1.82, 2.24) is 28.5 Å². The van der Waals surface area contributed by atoms with Crippen LogP contribution < -0.4 is 5.56 Å². The van der Waals surface area contributed by atoms with Crippen molar-refractivity contribution in [2.24, 2.45) is 0 Å². The van der Waals surface area contributed by atoms with E-state index in [9.17, 15) is 4.79 Å². The minimum absolute atomic E-state index is 0.0189. The molecule has 8 heteroatoms. The molecule has 0 aliphatic carbocycles. The van der Waals surface area contributed by atoms with Crippen LogP contribution in [0, 0.1) is 6.92 Å². The van der Waals surface area contributed by atoms with Gasteiger partial charge in [-0.1, -0.05) is 36.9 Å². The zero-order valence-electron chi connectivity index (χ0n) is 16.2. The maximum atomic E-state index is 12.9. The molecule has 0 spiro atoms. The molecule has 0 amide bonds. The number of aromatic nitrogens is 6. The zero-order valence-corrected chi connectivity index (χ0v) is 17.1. The van der Waals surface area contributed by atoms with Gasteiger partial charge in [0.2, 0.25) is 5.78 Å². The van der Waals surface area contributed by atoms with E-state index in [0.717, 1.165) is 28.4 Å². The summed E-state index contributed by atoms with van der Waals surface area (Å²) in [6.07, 6.45) is 4.97. The predicted molar refractivity (Wildman–Crippen MR) is 115 cm³/mol. The van der Waals surface area contributed by atoms with Crippen molar-refractivity contribution in [2.45, 2.75) is 37.7 Å². The van der Waals surface area contributed by atoms with Gasteiger partial charge >= 0.3 is 0 Å². The van der Waals surface area contributed by atoms with Crippen LogP contribution in [0.15, 0.2) is 58.7 Å². The highest BCUT2D eigenvalue weighted by molar-refractivity contribution is 7.98. The molecule has 7 nitrogen and oxygen atoms in total. The lowest BCUT2D eigenvalue weighted by atomic mass is 10.2. The van der Waals surface area contributed by atoms with Gasteiger partial charge in [-0.05, 0) is 37.1 Å². The molecule has 0 fully saturated rings. The number of hydrogen-bond donors (Lipinski definition) is 0. The summed E-state index contributed by atoms with van der Waals surface area (Å²) in [6, 6.07) is 11.7. The highest BCUT2D eigenvalue weighted by atomic mass is 32.2. The van der Waals surface area contributed by atoms with E-state index < -0.39 is 0 Å². The number of thioether (sulfide) groups is 1. The van der Waals surface area contributed by atoms with E-state index in [4.69, 9.17) is 0 Å². The van der Waals surface area contributed by atoms with E-state index in [1.165, 1.54) is 5.56 Å². The number of pyridine rings is 1. The Morgan fingerprint density at radius 3 is 2.79 bits per heavy atom. The maximum absolute atomic E-state index is 12.9. The normalized spacial score (nSPS) is 11.8. The van der Waals surface area contributed by atoms with Crippen LogP contribution in [0.3, 0.4) is 0 Å². The van der Waals surface area contributed by atoms with Crippen molar-refractivity contribution in [2.75, 3.05) is 0 Å². The highest BCUT2D eigenvalue weighted by Crippen LogP contribution is 2.24. The van der Waals surface area contributed by atoms with Gasteiger partial charge in [0.1, 0.15) is 5.65 Å². The van der Waals surface area contributed by atoms with Gasteiger partial charge in [0.05, 0.1) is 16.6 Å². The number of rotatable bonds is 5. The minimum Gasteiger partial charge on any atom is -0.307 e. The van der Waals surface area contributed by atoms with Gasteiger partial charge in [-0.25, -0.2) is 4.98 Å². The molecule has 0 unspecified atom stereocenters. The van der Waals surface area contributed by atoms with Gasteiger partial charge in [0.15, 0.2) is 5.16 Å². The van der Waals surface area contributed by atoms with Crippen molar-refractivity contribution >= 4 is 34.1 Å². The van der Waals surface area contributed by atoms with Crippen LogP contribution in [0.4, 0.5) is 0 Å². The Labute approximate surface area is 171 Å². The molecule has 4 aromatic heterocycles. The van der Waals surface area contributed by atoms with Gasteiger partial charge in [0.25, 0.3) is 5.56 Å². The van der Waals surface area contributed by atoms with Crippen LogP contribution >= 0.6 is 11.8 Å². The Morgan fingerprint density at radius 2 is 1.93 bits per heavy atom. The van der Waals surface area contributed by atoms with Gasteiger partial charge in [0, 0.05) is 24.7 Å². The molecule has 0 aliphatic rings. The molecule has 0 saturated carbocycles. The topological polar surface area (TPSA) is 69.5 Å². The molecule has 4 heterocycles. The van der Waals surface area contributed by atoms with Crippen molar-refractivity contribution in [3.63, 3.8) is 0 Å². The summed E-state index contributed by atoms with van der Waals surface area (Å²) in [7, 11) is 0. The lowest BCUT2D eigenvalue weighted by molar-refractivity contribution is 0.662. The Hall–Kier alpha value is -3.13. The second kappa shape index (κ2) is 7.04. The van der Waals surface area contributed by atoms with E-state index in [2.05, 4.69) is 41.3 Å². The van der Waals surface area contributed by atoms with E-state index in [-0.39, 0.29) is 5.56 Å². The van der Waals surface area contributed by atoms with E-state index >= 15 is 0 Å². The fraction of sp³-hybridized carbons (Fsp3) is 0.238. The molecule has 0 aliphatic heterocycles. The lowest BCUT2D eigenvalue weighted by Gasteiger charge is -2.10. The Kier molecular flexibility index (Phi) is 4.35. The monoisotopic (exact) mass is 404 g/mol. The van der Waals surface area contributed by atoms with Crippen molar-refractivity contribution in [1.29, 1.82) is 0 Å². The predicted octanol–water partition coefficient (Wildman–Crippen LogP) is 3.70. The molecular formula is C21H20N6OS. The van der Waals surface area contributed by atoms with E-state index in [1.54, 1.807) is 16.3 Å². The number of benzene rings is 1. The summed E-state index contributed by atoms with van der Waals surface area (Å²) < 4.78 is 5.74. The van der Waals surface area contributed by atoms with Crippen molar-refractivity contribution in [3.05, 3.63) is 70.4 Å². The summed E-state index contributed by atoms with van der Waals surface area (Å²) in [5, 5.41) is 10.2. The second-order valence-corrected chi connectivity index (χ2v) is 8.03. The summed E-state index contributed by atoms with van der Waals surface area (Å²) in [5.74, 6) is 1.26. The Bertz CT molecular complexity index is 1410. The number of nitrogens with zero attached hydrogens (tertiary/aromatic N) is 6. The summed E-state index contributed by atoms with van der Waals surface area (Å²) in [5.41, 5.74) is 3.91. The fourth-order valence-corrected chi connectivity index (χ4v) is 4.44.